The molecule has 2 aliphatic rings. The van der Waals surface area contributed by atoms with Crippen LogP contribution in [-0.4, -0.2) is 95.3 Å². The number of Topliss-reactive ketones (excluding diaryl/α,β-unsaturated/α-hetero) is 1. The number of carbonyl (C=O) groups excluding carboxylic acids is 1. The van der Waals surface area contributed by atoms with Gasteiger partial charge in [0.05, 0.1) is 24.3 Å². The lowest BCUT2D eigenvalue weighted by atomic mass is 9.81. The Labute approximate surface area is 134 Å². The Morgan fingerprint density at radius 3 is 2.04 bits per heavy atom. The fourth-order valence-electron chi connectivity index (χ4n) is 3.25. The van der Waals surface area contributed by atoms with Gasteiger partial charge in [-0.15, -0.1) is 0 Å². The van der Waals surface area contributed by atoms with Crippen molar-refractivity contribution in [1.29, 1.82) is 0 Å². The molecule has 0 aromatic heterocycles. The number of ether oxygens (including phenoxy) is 2. The van der Waals surface area contributed by atoms with Gasteiger partial charge in [0.25, 0.3) is 0 Å². The largest absolute Gasteiger partial charge is 0.390 e. The second kappa shape index (κ2) is 7.49. The first-order valence-electron chi connectivity index (χ1n) is 7.73. The van der Waals surface area contributed by atoms with Crippen molar-refractivity contribution in [3.8, 4) is 0 Å². The number of rotatable bonds is 4. The molecule has 9 atom stereocenters. The normalized spacial score (nSPS) is 48.5. The number of carbonyl (C=O) groups is 1. The number of likely N-dealkylation sites (N-methyl/N-ethyl adjacent to an activating group) is 2. The lowest BCUT2D eigenvalue weighted by molar-refractivity contribution is -0.258. The molecule has 1 saturated carbocycles. The topological polar surface area (TPSA) is 141 Å². The van der Waals surface area contributed by atoms with Crippen molar-refractivity contribution in [2.75, 3.05) is 14.1 Å². The first-order chi connectivity index (χ1) is 10.8. The smallest absolute Gasteiger partial charge is 0.221 e. The minimum Gasteiger partial charge on any atom is -0.390 e. The molecule has 2 unspecified atom stereocenters. The minimum absolute atomic E-state index is 0.172. The molecule has 23 heavy (non-hydrogen) atoms. The zero-order chi connectivity index (χ0) is 17.3. The van der Waals surface area contributed by atoms with Gasteiger partial charge in [0, 0.05) is 6.42 Å². The van der Waals surface area contributed by atoms with E-state index in [4.69, 9.17) is 9.47 Å². The average molecular weight is 334 g/mol. The molecule has 1 saturated heterocycles. The first kappa shape index (κ1) is 18.7. The molecule has 9 nitrogen and oxygen atoms in total. The molecule has 1 aliphatic carbocycles. The SMILES string of the molecule is CN[C@@H]1C(O)[C@H](NC)[C@@H](O)C(O[C@@H]2O[C@H](C)C[C@H](O)C2=O)[C@H]1O. The molecule has 0 amide bonds. The van der Waals surface area contributed by atoms with Gasteiger partial charge in [-0.05, 0) is 21.0 Å². The molecule has 0 radical (unpaired) electrons. The predicted octanol–water partition coefficient (Wildman–Crippen LogP) is -3.29. The van der Waals surface area contributed by atoms with Crippen LogP contribution in [0, 0.1) is 0 Å². The van der Waals surface area contributed by atoms with E-state index in [1.165, 1.54) is 0 Å². The molecule has 1 heterocycles. The van der Waals surface area contributed by atoms with Crippen LogP contribution in [0.15, 0.2) is 0 Å². The van der Waals surface area contributed by atoms with E-state index < -0.39 is 60.8 Å². The number of hydrogen-bond donors (Lipinski definition) is 6. The summed E-state index contributed by atoms with van der Waals surface area (Å²) in [5.74, 6) is -0.643. The van der Waals surface area contributed by atoms with Gasteiger partial charge >= 0.3 is 0 Å². The van der Waals surface area contributed by atoms with Crippen LogP contribution >= 0.6 is 0 Å². The molecule has 2 rings (SSSR count). The highest BCUT2D eigenvalue weighted by molar-refractivity contribution is 5.86. The van der Waals surface area contributed by atoms with E-state index in [0.717, 1.165) is 0 Å². The highest BCUT2D eigenvalue weighted by Crippen LogP contribution is 2.27. The number of nitrogens with one attached hydrogen (secondary N) is 2. The van der Waals surface area contributed by atoms with E-state index in [0.29, 0.717) is 0 Å². The Morgan fingerprint density at radius 1 is 1.04 bits per heavy atom. The van der Waals surface area contributed by atoms with Crippen LogP contribution in [-0.2, 0) is 14.3 Å². The summed E-state index contributed by atoms with van der Waals surface area (Å²) in [6.45, 7) is 1.69. The minimum atomic E-state index is -1.37. The van der Waals surface area contributed by atoms with Crippen molar-refractivity contribution >= 4 is 5.78 Å². The fourth-order valence-corrected chi connectivity index (χ4v) is 3.25. The van der Waals surface area contributed by atoms with Crippen molar-refractivity contribution in [3.05, 3.63) is 0 Å². The third-order valence-electron chi connectivity index (χ3n) is 4.56. The Morgan fingerprint density at radius 2 is 1.57 bits per heavy atom. The van der Waals surface area contributed by atoms with Gasteiger partial charge in [-0.3, -0.25) is 4.79 Å². The van der Waals surface area contributed by atoms with Gasteiger partial charge in [-0.2, -0.15) is 0 Å². The van der Waals surface area contributed by atoms with Gasteiger partial charge in [0.15, 0.2) is 0 Å². The van der Waals surface area contributed by atoms with E-state index in [2.05, 4.69) is 10.6 Å². The summed E-state index contributed by atoms with van der Waals surface area (Å²) in [4.78, 5) is 12.0. The van der Waals surface area contributed by atoms with Crippen LogP contribution < -0.4 is 10.6 Å². The highest BCUT2D eigenvalue weighted by Gasteiger charge is 2.51. The molecule has 0 bridgehead atoms. The lowest BCUT2D eigenvalue weighted by Crippen LogP contribution is -2.71. The van der Waals surface area contributed by atoms with Crippen LogP contribution in [0.1, 0.15) is 13.3 Å². The Kier molecular flexibility index (Phi) is 6.09. The summed E-state index contributed by atoms with van der Waals surface area (Å²) in [6, 6.07) is -1.52. The maximum atomic E-state index is 12.0. The third-order valence-corrected chi connectivity index (χ3v) is 4.56. The Hall–Kier alpha value is -0.650. The first-order valence-corrected chi connectivity index (χ1v) is 7.73. The zero-order valence-corrected chi connectivity index (χ0v) is 13.4. The van der Waals surface area contributed by atoms with E-state index in [1.807, 2.05) is 0 Å². The van der Waals surface area contributed by atoms with Crippen LogP contribution in [0.25, 0.3) is 0 Å². The molecule has 9 heteroatoms. The summed E-state index contributed by atoms with van der Waals surface area (Å²) < 4.78 is 10.9. The zero-order valence-electron chi connectivity index (χ0n) is 13.4. The van der Waals surface area contributed by atoms with Crippen molar-refractivity contribution in [1.82, 2.24) is 10.6 Å². The average Bonchev–Trinajstić information content (AvgIpc) is 2.49. The standard InChI is InChI=1S/C14H26N2O7/c1-5-4-6(17)9(18)14(22-5)23-13-11(20)7(15-2)10(19)8(16-3)12(13)21/h5-8,10-17,19-21H,4H2,1-3H3/t5-,6+,7-,8+,10?,11+,12-,13?,14+/m1/s1. The van der Waals surface area contributed by atoms with Crippen molar-refractivity contribution < 1.29 is 34.7 Å². The van der Waals surface area contributed by atoms with E-state index in [-0.39, 0.29) is 6.42 Å². The Balaban J connectivity index is 2.17. The summed E-state index contributed by atoms with van der Waals surface area (Å²) >= 11 is 0. The molecule has 134 valence electrons. The summed E-state index contributed by atoms with van der Waals surface area (Å²) in [6.07, 6.45) is -7.54. The number of aliphatic hydroxyl groups is 4. The summed E-state index contributed by atoms with van der Waals surface area (Å²) in [5.41, 5.74) is 0. The Bertz CT molecular complexity index is 406. The maximum absolute atomic E-state index is 12.0. The van der Waals surface area contributed by atoms with Crippen molar-refractivity contribution in [3.63, 3.8) is 0 Å². The van der Waals surface area contributed by atoms with Gasteiger partial charge in [0.2, 0.25) is 12.1 Å². The van der Waals surface area contributed by atoms with Gasteiger partial charge < -0.3 is 40.5 Å². The second-order valence-electron chi connectivity index (χ2n) is 6.13. The summed E-state index contributed by atoms with van der Waals surface area (Å²) in [5, 5.41) is 46.2. The highest BCUT2D eigenvalue weighted by atomic mass is 16.7. The van der Waals surface area contributed by atoms with Crippen LogP contribution in [0.3, 0.4) is 0 Å². The van der Waals surface area contributed by atoms with E-state index in [1.54, 1.807) is 21.0 Å². The summed E-state index contributed by atoms with van der Waals surface area (Å²) in [7, 11) is 3.12. The molecule has 1 aliphatic heterocycles. The molecular formula is C14H26N2O7. The second-order valence-corrected chi connectivity index (χ2v) is 6.13. The monoisotopic (exact) mass is 334 g/mol. The maximum Gasteiger partial charge on any atom is 0.221 e. The van der Waals surface area contributed by atoms with Crippen LogP contribution in [0.5, 0.6) is 0 Å². The van der Waals surface area contributed by atoms with Gasteiger partial charge in [-0.1, -0.05) is 0 Å². The molecule has 0 spiro atoms. The quantitative estimate of drug-likeness (QED) is 0.312. The van der Waals surface area contributed by atoms with Crippen LogP contribution in [0.2, 0.25) is 0 Å². The molecule has 2 fully saturated rings. The third kappa shape index (κ3) is 3.57. The van der Waals surface area contributed by atoms with Gasteiger partial charge in [-0.25, -0.2) is 0 Å². The number of aliphatic hydroxyl groups excluding tert-OH is 4. The molecule has 0 aromatic carbocycles. The van der Waals surface area contributed by atoms with Crippen LogP contribution in [0.4, 0.5) is 0 Å². The van der Waals surface area contributed by atoms with E-state index >= 15 is 0 Å². The van der Waals surface area contributed by atoms with Crippen molar-refractivity contribution in [2.24, 2.45) is 0 Å². The number of ketones is 1. The molecular weight excluding hydrogens is 308 g/mol. The lowest BCUT2D eigenvalue weighted by Gasteiger charge is -2.46. The van der Waals surface area contributed by atoms with E-state index in [9.17, 15) is 25.2 Å². The molecule has 6 N–H and O–H groups in total. The molecule has 0 aromatic rings. The fraction of sp³-hybridized carbons (Fsp3) is 0.929. The van der Waals surface area contributed by atoms with Gasteiger partial charge in [0.1, 0.15) is 24.4 Å². The van der Waals surface area contributed by atoms with Crippen molar-refractivity contribution in [2.45, 2.75) is 68.3 Å². The predicted molar refractivity (Wildman–Crippen MR) is 78.6 cm³/mol. The number of hydrogen-bond acceptors (Lipinski definition) is 9.